The van der Waals surface area contributed by atoms with Gasteiger partial charge in [-0.1, -0.05) is 0 Å². The largest absolute Gasteiger partial charge is 0.462 e. The van der Waals surface area contributed by atoms with E-state index in [1.54, 1.807) is 6.92 Å². The molecule has 0 aliphatic carbocycles. The Labute approximate surface area is 118 Å². The molecule has 0 aromatic heterocycles. The number of hydrogen-bond donors (Lipinski definition) is 1. The Morgan fingerprint density at radius 2 is 2.25 bits per heavy atom. The molecular formula is C15H21FN2O2. The molecule has 0 radical (unpaired) electrons. The van der Waals surface area contributed by atoms with Crippen LogP contribution >= 0.6 is 0 Å². The number of esters is 1. The minimum atomic E-state index is -0.504. The van der Waals surface area contributed by atoms with Crippen LogP contribution in [0.1, 0.15) is 43.5 Å². The SMILES string of the molecule is CCOC(=O)c1cc(N2CCCCC2C)c(F)cc1N. The van der Waals surface area contributed by atoms with Gasteiger partial charge < -0.3 is 15.4 Å². The van der Waals surface area contributed by atoms with Crippen LogP contribution in [0.2, 0.25) is 0 Å². The van der Waals surface area contributed by atoms with E-state index >= 15 is 0 Å². The fourth-order valence-corrected chi connectivity index (χ4v) is 2.64. The number of rotatable bonds is 3. The van der Waals surface area contributed by atoms with Crippen LogP contribution in [-0.2, 0) is 4.74 Å². The second kappa shape index (κ2) is 6.11. The molecule has 0 saturated carbocycles. The lowest BCUT2D eigenvalue weighted by atomic mass is 10.0. The average molecular weight is 280 g/mol. The molecule has 20 heavy (non-hydrogen) atoms. The molecule has 1 aliphatic rings. The summed E-state index contributed by atoms with van der Waals surface area (Å²) in [7, 11) is 0. The average Bonchev–Trinajstić information content (AvgIpc) is 2.40. The predicted molar refractivity (Wildman–Crippen MR) is 77.4 cm³/mol. The van der Waals surface area contributed by atoms with Crippen molar-refractivity contribution in [1.29, 1.82) is 0 Å². The summed E-state index contributed by atoms with van der Waals surface area (Å²) in [6.45, 7) is 4.86. The minimum Gasteiger partial charge on any atom is -0.462 e. The van der Waals surface area contributed by atoms with Crippen LogP contribution in [0.4, 0.5) is 15.8 Å². The molecule has 2 rings (SSSR count). The number of hydrogen-bond acceptors (Lipinski definition) is 4. The van der Waals surface area contributed by atoms with Crippen LogP contribution in [0.25, 0.3) is 0 Å². The van der Waals surface area contributed by atoms with Crippen molar-refractivity contribution in [2.45, 2.75) is 39.2 Å². The molecule has 1 saturated heterocycles. The quantitative estimate of drug-likeness (QED) is 0.683. The second-order valence-corrected chi connectivity index (χ2v) is 5.15. The lowest BCUT2D eigenvalue weighted by molar-refractivity contribution is 0.0527. The maximum atomic E-state index is 14.2. The number of benzene rings is 1. The maximum absolute atomic E-state index is 14.2. The van der Waals surface area contributed by atoms with E-state index in [2.05, 4.69) is 6.92 Å². The number of nitrogens with two attached hydrogens (primary N) is 1. The molecule has 0 bridgehead atoms. The maximum Gasteiger partial charge on any atom is 0.340 e. The molecule has 4 nitrogen and oxygen atoms in total. The summed E-state index contributed by atoms with van der Waals surface area (Å²) in [6, 6.07) is 2.99. The van der Waals surface area contributed by atoms with Gasteiger partial charge in [0.2, 0.25) is 0 Å². The molecule has 1 atom stereocenters. The number of carbonyl (C=O) groups is 1. The van der Waals surface area contributed by atoms with Crippen molar-refractivity contribution in [3.8, 4) is 0 Å². The summed E-state index contributed by atoms with van der Waals surface area (Å²) in [4.78, 5) is 13.9. The van der Waals surface area contributed by atoms with Gasteiger partial charge in [-0.2, -0.15) is 0 Å². The highest BCUT2D eigenvalue weighted by molar-refractivity contribution is 5.96. The van der Waals surface area contributed by atoms with E-state index in [1.165, 1.54) is 12.1 Å². The first kappa shape index (κ1) is 14.6. The van der Waals surface area contributed by atoms with Gasteiger partial charge >= 0.3 is 5.97 Å². The van der Waals surface area contributed by atoms with E-state index in [9.17, 15) is 9.18 Å². The summed E-state index contributed by atoms with van der Waals surface area (Å²) in [5, 5.41) is 0. The van der Waals surface area contributed by atoms with Crippen LogP contribution in [0, 0.1) is 5.82 Å². The number of nitrogens with zero attached hydrogens (tertiary/aromatic N) is 1. The normalized spacial score (nSPS) is 18.9. The van der Waals surface area contributed by atoms with E-state index in [0.29, 0.717) is 5.69 Å². The van der Waals surface area contributed by atoms with Gasteiger partial charge in [0.15, 0.2) is 0 Å². The molecule has 2 N–H and O–H groups in total. The Balaban J connectivity index is 2.37. The summed E-state index contributed by atoms with van der Waals surface area (Å²) < 4.78 is 19.1. The van der Waals surface area contributed by atoms with Crippen LogP contribution in [0.5, 0.6) is 0 Å². The predicted octanol–water partition coefficient (Wildman–Crippen LogP) is 2.96. The van der Waals surface area contributed by atoms with Gasteiger partial charge in [0.1, 0.15) is 5.82 Å². The van der Waals surface area contributed by atoms with Gasteiger partial charge in [0.25, 0.3) is 0 Å². The van der Waals surface area contributed by atoms with Crippen molar-refractivity contribution in [3.63, 3.8) is 0 Å². The molecule has 1 heterocycles. The van der Waals surface area contributed by atoms with E-state index in [4.69, 9.17) is 10.5 Å². The zero-order valence-corrected chi connectivity index (χ0v) is 12.0. The smallest absolute Gasteiger partial charge is 0.340 e. The minimum absolute atomic E-state index is 0.120. The summed E-state index contributed by atoms with van der Waals surface area (Å²) in [5.74, 6) is -0.889. The topological polar surface area (TPSA) is 55.6 Å². The highest BCUT2D eigenvalue weighted by Gasteiger charge is 2.24. The first-order chi connectivity index (χ1) is 9.54. The molecule has 1 aliphatic heterocycles. The first-order valence-electron chi connectivity index (χ1n) is 7.07. The van der Waals surface area contributed by atoms with Crippen molar-refractivity contribution in [1.82, 2.24) is 0 Å². The highest BCUT2D eigenvalue weighted by Crippen LogP contribution is 2.30. The Kier molecular flexibility index (Phi) is 4.47. The summed E-state index contributed by atoms with van der Waals surface area (Å²) in [5.41, 5.74) is 6.52. The van der Waals surface area contributed by atoms with E-state index in [1.807, 2.05) is 4.90 Å². The van der Waals surface area contributed by atoms with Gasteiger partial charge in [0.05, 0.1) is 17.9 Å². The Morgan fingerprint density at radius 3 is 2.90 bits per heavy atom. The van der Waals surface area contributed by atoms with E-state index < -0.39 is 5.97 Å². The van der Waals surface area contributed by atoms with Crippen molar-refractivity contribution in [2.75, 3.05) is 23.8 Å². The van der Waals surface area contributed by atoms with Crippen LogP contribution in [0.15, 0.2) is 12.1 Å². The number of ether oxygens (including phenoxy) is 1. The molecule has 1 aromatic rings. The fourth-order valence-electron chi connectivity index (χ4n) is 2.64. The number of anilines is 2. The molecule has 1 fully saturated rings. The third-order valence-electron chi connectivity index (χ3n) is 3.73. The monoisotopic (exact) mass is 280 g/mol. The van der Waals surface area contributed by atoms with Crippen molar-refractivity contribution >= 4 is 17.3 Å². The molecular weight excluding hydrogens is 259 g/mol. The molecule has 5 heteroatoms. The van der Waals surface area contributed by atoms with Crippen molar-refractivity contribution in [2.24, 2.45) is 0 Å². The van der Waals surface area contributed by atoms with Crippen LogP contribution in [0.3, 0.4) is 0 Å². The van der Waals surface area contributed by atoms with Gasteiger partial charge in [-0.25, -0.2) is 9.18 Å². The number of halogens is 1. The third kappa shape index (κ3) is 2.86. The molecule has 1 unspecified atom stereocenters. The molecule has 110 valence electrons. The van der Waals surface area contributed by atoms with Gasteiger partial charge in [0, 0.05) is 18.3 Å². The van der Waals surface area contributed by atoms with E-state index in [-0.39, 0.29) is 29.7 Å². The second-order valence-electron chi connectivity index (χ2n) is 5.15. The number of piperidine rings is 1. The number of carbonyl (C=O) groups excluding carboxylic acids is 1. The van der Waals surface area contributed by atoms with Gasteiger partial charge in [-0.15, -0.1) is 0 Å². The summed E-state index contributed by atoms with van der Waals surface area (Å²) >= 11 is 0. The Hall–Kier alpha value is -1.78. The highest BCUT2D eigenvalue weighted by atomic mass is 19.1. The van der Waals surface area contributed by atoms with Crippen molar-refractivity contribution in [3.05, 3.63) is 23.5 Å². The number of nitrogen functional groups attached to an aromatic ring is 1. The van der Waals surface area contributed by atoms with Gasteiger partial charge in [-0.3, -0.25) is 0 Å². The van der Waals surface area contributed by atoms with Crippen molar-refractivity contribution < 1.29 is 13.9 Å². The van der Waals surface area contributed by atoms with Gasteiger partial charge in [-0.05, 0) is 45.2 Å². The molecule has 0 spiro atoms. The van der Waals surface area contributed by atoms with Crippen LogP contribution < -0.4 is 10.6 Å². The zero-order chi connectivity index (χ0) is 14.7. The standard InChI is InChI=1S/C15H21FN2O2/c1-3-20-15(19)11-8-14(12(16)9-13(11)17)18-7-5-4-6-10(18)2/h8-10H,3-7,17H2,1-2H3. The molecule has 0 amide bonds. The lowest BCUT2D eigenvalue weighted by Crippen LogP contribution is -2.38. The Morgan fingerprint density at radius 1 is 1.50 bits per heavy atom. The Bertz CT molecular complexity index is 505. The molecule has 1 aromatic carbocycles. The zero-order valence-electron chi connectivity index (χ0n) is 12.0. The lowest BCUT2D eigenvalue weighted by Gasteiger charge is -2.35. The fraction of sp³-hybridized carbons (Fsp3) is 0.533. The first-order valence-corrected chi connectivity index (χ1v) is 7.07. The van der Waals surface area contributed by atoms with Crippen LogP contribution in [-0.4, -0.2) is 25.2 Å². The van der Waals surface area contributed by atoms with E-state index in [0.717, 1.165) is 25.8 Å². The third-order valence-corrected chi connectivity index (χ3v) is 3.73. The summed E-state index contributed by atoms with van der Waals surface area (Å²) in [6.07, 6.45) is 3.21.